The normalized spacial score (nSPS) is 14.9. The van der Waals surface area contributed by atoms with Crippen molar-refractivity contribution in [2.24, 2.45) is 0 Å². The van der Waals surface area contributed by atoms with E-state index < -0.39 is 0 Å². The summed E-state index contributed by atoms with van der Waals surface area (Å²) in [7, 11) is 2.03. The van der Waals surface area contributed by atoms with Gasteiger partial charge in [0.2, 0.25) is 0 Å². The van der Waals surface area contributed by atoms with Gasteiger partial charge in [0.05, 0.1) is 17.8 Å². The molecule has 1 unspecified atom stereocenters. The summed E-state index contributed by atoms with van der Waals surface area (Å²) >= 11 is 1.74. The number of aryl methyl sites for hydroxylation is 2. The van der Waals surface area contributed by atoms with Crippen molar-refractivity contribution in [3.8, 4) is 5.75 Å². The second kappa shape index (κ2) is 5.94. The predicted molar refractivity (Wildman–Crippen MR) is 82.6 cm³/mol. The monoisotopic (exact) mass is 288 g/mol. The third kappa shape index (κ3) is 2.72. The fraction of sp³-hybridized carbons (Fsp3) is 0.438. The summed E-state index contributed by atoms with van der Waals surface area (Å²) in [5, 5.41) is 3.41. The van der Waals surface area contributed by atoms with E-state index in [1.165, 1.54) is 16.0 Å². The third-order valence-electron chi connectivity index (χ3n) is 3.92. The number of fused-ring (bicyclic) bond motifs is 1. The standard InChI is InChI=1S/C16H20N2OS/c1-11-16(20-10-18-11)14(17-2)5-3-12-4-6-15-13(9-12)7-8-19-15/h4,6,9-10,14,17H,3,5,7-8H2,1-2H3. The largest absolute Gasteiger partial charge is 0.493 e. The van der Waals surface area contributed by atoms with Crippen molar-refractivity contribution >= 4 is 11.3 Å². The zero-order chi connectivity index (χ0) is 13.9. The van der Waals surface area contributed by atoms with Crippen LogP contribution in [-0.4, -0.2) is 18.6 Å². The number of hydrogen-bond donors (Lipinski definition) is 1. The van der Waals surface area contributed by atoms with Crippen molar-refractivity contribution in [2.75, 3.05) is 13.7 Å². The summed E-state index contributed by atoms with van der Waals surface area (Å²) in [5.41, 5.74) is 5.84. The van der Waals surface area contributed by atoms with Gasteiger partial charge in [0, 0.05) is 17.3 Å². The maximum atomic E-state index is 5.56. The zero-order valence-electron chi connectivity index (χ0n) is 12.0. The number of nitrogens with zero attached hydrogens (tertiary/aromatic N) is 1. The van der Waals surface area contributed by atoms with Crippen molar-refractivity contribution in [1.29, 1.82) is 0 Å². The molecule has 2 heterocycles. The molecule has 0 bridgehead atoms. The molecule has 0 saturated carbocycles. The van der Waals surface area contributed by atoms with E-state index in [9.17, 15) is 0 Å². The van der Waals surface area contributed by atoms with Gasteiger partial charge in [0.25, 0.3) is 0 Å². The number of benzene rings is 1. The van der Waals surface area contributed by atoms with Gasteiger partial charge in [0.1, 0.15) is 5.75 Å². The minimum atomic E-state index is 0.395. The molecule has 3 nitrogen and oxygen atoms in total. The molecule has 1 atom stereocenters. The van der Waals surface area contributed by atoms with Crippen molar-refractivity contribution in [2.45, 2.75) is 32.2 Å². The van der Waals surface area contributed by atoms with E-state index in [2.05, 4.69) is 35.4 Å². The molecule has 20 heavy (non-hydrogen) atoms. The average Bonchev–Trinajstić information content (AvgIpc) is 3.08. The molecule has 1 N–H and O–H groups in total. The predicted octanol–water partition coefficient (Wildman–Crippen LogP) is 3.28. The highest BCUT2D eigenvalue weighted by Crippen LogP contribution is 2.29. The molecule has 3 rings (SSSR count). The Balaban J connectivity index is 1.68. The van der Waals surface area contributed by atoms with Gasteiger partial charge in [-0.05, 0) is 44.0 Å². The lowest BCUT2D eigenvalue weighted by Gasteiger charge is -2.15. The van der Waals surface area contributed by atoms with Crippen LogP contribution in [0, 0.1) is 6.92 Å². The number of nitrogens with one attached hydrogen (secondary N) is 1. The van der Waals surface area contributed by atoms with Gasteiger partial charge in [-0.25, -0.2) is 4.98 Å². The van der Waals surface area contributed by atoms with Crippen LogP contribution in [0.25, 0.3) is 0 Å². The van der Waals surface area contributed by atoms with Crippen molar-refractivity contribution in [1.82, 2.24) is 10.3 Å². The lowest BCUT2D eigenvalue weighted by Crippen LogP contribution is -2.17. The van der Waals surface area contributed by atoms with Crippen molar-refractivity contribution in [3.63, 3.8) is 0 Å². The van der Waals surface area contributed by atoms with E-state index in [1.54, 1.807) is 11.3 Å². The molecule has 0 saturated heterocycles. The Morgan fingerprint density at radius 2 is 2.35 bits per heavy atom. The number of hydrogen-bond acceptors (Lipinski definition) is 4. The molecule has 0 aliphatic carbocycles. The van der Waals surface area contributed by atoms with E-state index in [4.69, 9.17) is 4.74 Å². The molecule has 0 spiro atoms. The number of ether oxygens (including phenoxy) is 1. The van der Waals surface area contributed by atoms with Crippen LogP contribution in [0.15, 0.2) is 23.7 Å². The Kier molecular flexibility index (Phi) is 4.03. The Morgan fingerprint density at radius 1 is 1.45 bits per heavy atom. The molecule has 2 aromatic rings. The first-order valence-corrected chi connectivity index (χ1v) is 7.97. The first-order valence-electron chi connectivity index (χ1n) is 7.10. The fourth-order valence-electron chi connectivity index (χ4n) is 2.76. The topological polar surface area (TPSA) is 34.1 Å². The summed E-state index contributed by atoms with van der Waals surface area (Å²) in [5.74, 6) is 1.07. The van der Waals surface area contributed by atoms with Gasteiger partial charge in [-0.1, -0.05) is 12.1 Å². The van der Waals surface area contributed by atoms with Gasteiger partial charge >= 0.3 is 0 Å². The molecule has 1 aliphatic heterocycles. The van der Waals surface area contributed by atoms with Gasteiger partial charge in [0.15, 0.2) is 0 Å². The first kappa shape index (κ1) is 13.6. The molecule has 1 aromatic heterocycles. The summed E-state index contributed by atoms with van der Waals surface area (Å²) in [6, 6.07) is 7.00. The average molecular weight is 288 g/mol. The maximum Gasteiger partial charge on any atom is 0.122 e. The van der Waals surface area contributed by atoms with E-state index in [0.717, 1.165) is 37.3 Å². The van der Waals surface area contributed by atoms with Gasteiger partial charge in [-0.15, -0.1) is 11.3 Å². The van der Waals surface area contributed by atoms with Crippen LogP contribution in [0.1, 0.15) is 34.2 Å². The summed E-state index contributed by atoms with van der Waals surface area (Å²) in [6.45, 7) is 2.92. The minimum absolute atomic E-state index is 0.395. The van der Waals surface area contributed by atoms with E-state index in [-0.39, 0.29) is 0 Å². The van der Waals surface area contributed by atoms with Crippen LogP contribution in [0.4, 0.5) is 0 Å². The minimum Gasteiger partial charge on any atom is -0.493 e. The quantitative estimate of drug-likeness (QED) is 0.917. The fourth-order valence-corrected chi connectivity index (χ4v) is 3.71. The Bertz CT molecular complexity index is 594. The van der Waals surface area contributed by atoms with Crippen molar-refractivity contribution < 1.29 is 4.74 Å². The van der Waals surface area contributed by atoms with Crippen LogP contribution in [0.3, 0.4) is 0 Å². The van der Waals surface area contributed by atoms with Crippen LogP contribution in [0.5, 0.6) is 5.75 Å². The van der Waals surface area contributed by atoms with Gasteiger partial charge in [-0.2, -0.15) is 0 Å². The van der Waals surface area contributed by atoms with Crippen molar-refractivity contribution in [3.05, 3.63) is 45.4 Å². The SMILES string of the molecule is CNC(CCc1ccc2c(c1)CCO2)c1scnc1C. The summed E-state index contributed by atoms with van der Waals surface area (Å²) in [6.07, 6.45) is 3.22. The Morgan fingerprint density at radius 3 is 3.10 bits per heavy atom. The molecule has 0 fully saturated rings. The van der Waals surface area contributed by atoms with Crippen LogP contribution in [-0.2, 0) is 12.8 Å². The first-order chi connectivity index (χ1) is 9.78. The molecule has 1 aliphatic rings. The molecule has 0 amide bonds. The summed E-state index contributed by atoms with van der Waals surface area (Å²) in [4.78, 5) is 5.71. The molecular formula is C16H20N2OS. The van der Waals surface area contributed by atoms with E-state index in [1.807, 2.05) is 12.6 Å². The highest BCUT2D eigenvalue weighted by Gasteiger charge is 2.16. The zero-order valence-corrected chi connectivity index (χ0v) is 12.8. The number of aromatic nitrogens is 1. The van der Waals surface area contributed by atoms with Crippen LogP contribution >= 0.6 is 11.3 Å². The molecule has 4 heteroatoms. The lowest BCUT2D eigenvalue weighted by molar-refractivity contribution is 0.357. The van der Waals surface area contributed by atoms with Crippen LogP contribution in [0.2, 0.25) is 0 Å². The molecule has 0 radical (unpaired) electrons. The molecule has 1 aromatic carbocycles. The second-order valence-corrected chi connectivity index (χ2v) is 6.11. The summed E-state index contributed by atoms with van der Waals surface area (Å²) < 4.78 is 5.56. The molecular weight excluding hydrogens is 268 g/mol. The highest BCUT2D eigenvalue weighted by molar-refractivity contribution is 7.09. The number of rotatable bonds is 5. The van der Waals surface area contributed by atoms with Gasteiger partial charge < -0.3 is 10.1 Å². The Labute approximate surface area is 124 Å². The van der Waals surface area contributed by atoms with Crippen LogP contribution < -0.4 is 10.1 Å². The van der Waals surface area contributed by atoms with Gasteiger partial charge in [-0.3, -0.25) is 0 Å². The third-order valence-corrected chi connectivity index (χ3v) is 4.97. The lowest BCUT2D eigenvalue weighted by atomic mass is 10.0. The highest BCUT2D eigenvalue weighted by atomic mass is 32.1. The number of thiazole rings is 1. The Hall–Kier alpha value is -1.39. The maximum absolute atomic E-state index is 5.56. The second-order valence-electron chi connectivity index (χ2n) is 5.22. The smallest absolute Gasteiger partial charge is 0.122 e. The van der Waals surface area contributed by atoms with E-state index in [0.29, 0.717) is 6.04 Å². The molecule has 106 valence electrons. The van der Waals surface area contributed by atoms with E-state index >= 15 is 0 Å².